The molecular formula is C14H20N4O2. The van der Waals surface area contributed by atoms with Crippen LogP contribution in [0.25, 0.3) is 0 Å². The van der Waals surface area contributed by atoms with Crippen molar-refractivity contribution < 1.29 is 9.90 Å². The van der Waals surface area contributed by atoms with Crippen LogP contribution in [0.1, 0.15) is 50.9 Å². The first kappa shape index (κ1) is 15.9. The summed E-state index contributed by atoms with van der Waals surface area (Å²) in [6.45, 7) is 7.22. The summed E-state index contributed by atoms with van der Waals surface area (Å²) in [5, 5.41) is 29.6. The minimum atomic E-state index is -1.17. The zero-order valence-electron chi connectivity index (χ0n) is 12.3. The SMILES string of the molecule is CCc1nnc(NC(C)(CC)C(=O)O)c(C#N)c1CC. The van der Waals surface area contributed by atoms with Gasteiger partial charge in [0.2, 0.25) is 0 Å². The van der Waals surface area contributed by atoms with Crippen molar-refractivity contribution in [2.24, 2.45) is 0 Å². The highest BCUT2D eigenvalue weighted by atomic mass is 16.4. The van der Waals surface area contributed by atoms with Crippen LogP contribution < -0.4 is 5.32 Å². The molecule has 0 aliphatic carbocycles. The summed E-state index contributed by atoms with van der Waals surface area (Å²) in [5.74, 6) is -0.739. The normalized spacial score (nSPS) is 13.3. The molecule has 0 saturated heterocycles. The van der Waals surface area contributed by atoms with E-state index in [1.165, 1.54) is 0 Å². The van der Waals surface area contributed by atoms with Crippen LogP contribution in [-0.2, 0) is 17.6 Å². The van der Waals surface area contributed by atoms with Crippen molar-refractivity contribution in [2.75, 3.05) is 5.32 Å². The predicted octanol–water partition coefficient (Wildman–Crippen LogP) is 2.14. The number of nitrogens with one attached hydrogen (secondary N) is 1. The summed E-state index contributed by atoms with van der Waals surface area (Å²) >= 11 is 0. The summed E-state index contributed by atoms with van der Waals surface area (Å²) in [5.41, 5.74) is 0.832. The number of carbonyl (C=O) groups is 1. The fourth-order valence-corrected chi connectivity index (χ4v) is 1.94. The number of nitrogens with zero attached hydrogens (tertiary/aromatic N) is 3. The molecule has 0 radical (unpaired) electrons. The number of aryl methyl sites for hydroxylation is 1. The van der Waals surface area contributed by atoms with E-state index in [-0.39, 0.29) is 5.82 Å². The van der Waals surface area contributed by atoms with Crippen LogP contribution >= 0.6 is 0 Å². The molecule has 20 heavy (non-hydrogen) atoms. The van der Waals surface area contributed by atoms with Gasteiger partial charge in [-0.3, -0.25) is 0 Å². The zero-order valence-corrected chi connectivity index (χ0v) is 12.3. The van der Waals surface area contributed by atoms with Gasteiger partial charge in [-0.25, -0.2) is 4.79 Å². The lowest BCUT2D eigenvalue weighted by Gasteiger charge is -2.26. The molecule has 1 heterocycles. The van der Waals surface area contributed by atoms with Crippen molar-refractivity contribution in [1.82, 2.24) is 10.2 Å². The molecule has 1 unspecified atom stereocenters. The van der Waals surface area contributed by atoms with Crippen molar-refractivity contribution in [1.29, 1.82) is 5.26 Å². The van der Waals surface area contributed by atoms with Gasteiger partial charge in [0.25, 0.3) is 0 Å². The van der Waals surface area contributed by atoms with E-state index < -0.39 is 11.5 Å². The highest BCUT2D eigenvalue weighted by molar-refractivity contribution is 5.82. The lowest BCUT2D eigenvalue weighted by Crippen LogP contribution is -2.43. The number of carboxylic acids is 1. The van der Waals surface area contributed by atoms with Gasteiger partial charge in [-0.15, -0.1) is 5.10 Å². The van der Waals surface area contributed by atoms with Crippen molar-refractivity contribution >= 4 is 11.8 Å². The topological polar surface area (TPSA) is 98.9 Å². The molecule has 1 rings (SSSR count). The van der Waals surface area contributed by atoms with Crippen molar-refractivity contribution in [3.63, 3.8) is 0 Å². The number of nitriles is 1. The smallest absolute Gasteiger partial charge is 0.329 e. The zero-order chi connectivity index (χ0) is 15.3. The van der Waals surface area contributed by atoms with Gasteiger partial charge in [0, 0.05) is 0 Å². The van der Waals surface area contributed by atoms with Crippen LogP contribution in [0.5, 0.6) is 0 Å². The first-order valence-corrected chi connectivity index (χ1v) is 6.73. The molecule has 1 atom stereocenters. The molecule has 0 aliphatic heterocycles. The van der Waals surface area contributed by atoms with E-state index in [2.05, 4.69) is 21.6 Å². The molecule has 2 N–H and O–H groups in total. The van der Waals surface area contributed by atoms with Gasteiger partial charge in [0.05, 0.1) is 5.69 Å². The van der Waals surface area contributed by atoms with Gasteiger partial charge in [-0.05, 0) is 31.7 Å². The predicted molar refractivity (Wildman–Crippen MR) is 75.5 cm³/mol. The number of aliphatic carboxylic acids is 1. The third-order valence-corrected chi connectivity index (χ3v) is 3.53. The van der Waals surface area contributed by atoms with E-state index in [0.29, 0.717) is 24.8 Å². The van der Waals surface area contributed by atoms with E-state index in [4.69, 9.17) is 0 Å². The Morgan fingerprint density at radius 3 is 2.40 bits per heavy atom. The van der Waals surface area contributed by atoms with Crippen molar-refractivity contribution in [3.05, 3.63) is 16.8 Å². The molecule has 0 amide bonds. The van der Waals surface area contributed by atoms with Crippen molar-refractivity contribution in [2.45, 2.75) is 52.5 Å². The van der Waals surface area contributed by atoms with Crippen LogP contribution in [-0.4, -0.2) is 26.8 Å². The lowest BCUT2D eigenvalue weighted by molar-refractivity contribution is -0.141. The van der Waals surface area contributed by atoms with Gasteiger partial charge in [0.1, 0.15) is 17.2 Å². The molecule has 6 heteroatoms. The number of carboxylic acid groups (broad SMARTS) is 1. The summed E-state index contributed by atoms with van der Waals surface area (Å²) in [6.07, 6.45) is 1.72. The van der Waals surface area contributed by atoms with Gasteiger partial charge in [-0.2, -0.15) is 10.4 Å². The summed E-state index contributed by atoms with van der Waals surface area (Å²) in [4.78, 5) is 11.3. The molecule has 0 bridgehead atoms. The molecule has 108 valence electrons. The fourth-order valence-electron chi connectivity index (χ4n) is 1.94. The van der Waals surface area contributed by atoms with Crippen LogP contribution in [0, 0.1) is 11.3 Å². The highest BCUT2D eigenvalue weighted by Gasteiger charge is 2.32. The maximum Gasteiger partial charge on any atom is 0.329 e. The molecule has 0 fully saturated rings. The third kappa shape index (κ3) is 2.87. The van der Waals surface area contributed by atoms with Crippen LogP contribution in [0.15, 0.2) is 0 Å². The second kappa shape index (κ2) is 6.33. The molecule has 0 aliphatic rings. The number of rotatable bonds is 6. The molecule has 0 aromatic carbocycles. The van der Waals surface area contributed by atoms with Crippen LogP contribution in [0.2, 0.25) is 0 Å². The largest absolute Gasteiger partial charge is 0.480 e. The standard InChI is InChI=1S/C14H20N4O2/c1-5-9-10(8-15)12(18-17-11(9)6-2)16-14(4,7-3)13(19)20/h5-7H2,1-4H3,(H,16,18)(H,19,20). The van der Waals surface area contributed by atoms with E-state index in [9.17, 15) is 15.2 Å². The molecule has 0 spiro atoms. The van der Waals surface area contributed by atoms with Crippen LogP contribution in [0.4, 0.5) is 5.82 Å². The van der Waals surface area contributed by atoms with E-state index >= 15 is 0 Å². The summed E-state index contributed by atoms with van der Waals surface area (Å²) in [7, 11) is 0. The number of anilines is 1. The first-order valence-electron chi connectivity index (χ1n) is 6.73. The Hall–Kier alpha value is -2.16. The second-order valence-electron chi connectivity index (χ2n) is 4.78. The number of aromatic nitrogens is 2. The average Bonchev–Trinajstić information content (AvgIpc) is 2.45. The minimum Gasteiger partial charge on any atom is -0.480 e. The van der Waals surface area contributed by atoms with Crippen molar-refractivity contribution in [3.8, 4) is 6.07 Å². The maximum atomic E-state index is 11.3. The molecule has 6 nitrogen and oxygen atoms in total. The minimum absolute atomic E-state index is 0.244. The Labute approximate surface area is 118 Å². The molecule has 0 saturated carbocycles. The maximum absolute atomic E-state index is 11.3. The highest BCUT2D eigenvalue weighted by Crippen LogP contribution is 2.24. The lowest BCUT2D eigenvalue weighted by atomic mass is 9.97. The first-order chi connectivity index (χ1) is 9.43. The van der Waals surface area contributed by atoms with Gasteiger partial charge >= 0.3 is 5.97 Å². The third-order valence-electron chi connectivity index (χ3n) is 3.53. The quantitative estimate of drug-likeness (QED) is 0.825. The van der Waals surface area contributed by atoms with Gasteiger partial charge in [0.15, 0.2) is 5.82 Å². The summed E-state index contributed by atoms with van der Waals surface area (Å²) < 4.78 is 0. The Bertz CT molecular complexity index is 551. The molecular weight excluding hydrogens is 256 g/mol. The Morgan fingerprint density at radius 2 is 2.00 bits per heavy atom. The van der Waals surface area contributed by atoms with E-state index in [1.54, 1.807) is 13.8 Å². The number of hydrogen-bond acceptors (Lipinski definition) is 5. The second-order valence-corrected chi connectivity index (χ2v) is 4.78. The number of hydrogen-bond donors (Lipinski definition) is 2. The van der Waals surface area contributed by atoms with Crippen LogP contribution in [0.3, 0.4) is 0 Å². The Morgan fingerprint density at radius 1 is 1.35 bits per heavy atom. The monoisotopic (exact) mass is 276 g/mol. The molecule has 1 aromatic rings. The average molecular weight is 276 g/mol. The van der Waals surface area contributed by atoms with E-state index in [0.717, 1.165) is 11.3 Å². The molecule has 1 aromatic heterocycles. The van der Waals surface area contributed by atoms with E-state index in [1.807, 2.05) is 13.8 Å². The van der Waals surface area contributed by atoms with Gasteiger partial charge in [-0.1, -0.05) is 20.8 Å². The summed E-state index contributed by atoms with van der Waals surface area (Å²) in [6, 6.07) is 2.12. The fraction of sp³-hybridized carbons (Fsp3) is 0.571. The Kier molecular flexibility index (Phi) is 5.03. The van der Waals surface area contributed by atoms with Gasteiger partial charge < -0.3 is 10.4 Å². The Balaban J connectivity index is 3.34.